The van der Waals surface area contributed by atoms with Crippen LogP contribution >= 0.6 is 0 Å². The number of primary amides is 1. The Hall–Kier alpha value is -2.34. The van der Waals surface area contributed by atoms with Crippen LogP contribution in [0.25, 0.3) is 0 Å². The van der Waals surface area contributed by atoms with E-state index >= 15 is 0 Å². The van der Waals surface area contributed by atoms with Crippen molar-refractivity contribution in [2.75, 3.05) is 13.1 Å². The Labute approximate surface area is 148 Å². The number of aromatic nitrogens is 3. The summed E-state index contributed by atoms with van der Waals surface area (Å²) in [4.78, 5) is 27.1. The van der Waals surface area contributed by atoms with Gasteiger partial charge in [0.25, 0.3) is 0 Å². The molecule has 1 aliphatic rings. The molecule has 1 saturated heterocycles. The van der Waals surface area contributed by atoms with Gasteiger partial charge in [0.2, 0.25) is 5.91 Å². The smallest absolute Gasteiger partial charge is 0.223 e. The van der Waals surface area contributed by atoms with E-state index in [0.29, 0.717) is 0 Å². The summed E-state index contributed by atoms with van der Waals surface area (Å²) in [6, 6.07) is 4.04. The van der Waals surface area contributed by atoms with E-state index in [1.54, 1.807) is 24.8 Å². The lowest BCUT2D eigenvalue weighted by atomic mass is 9.73. The summed E-state index contributed by atoms with van der Waals surface area (Å²) in [6.45, 7) is 2.66. The van der Waals surface area contributed by atoms with Crippen LogP contribution in [-0.2, 0) is 17.8 Å². The Bertz CT molecular complexity index is 669. The minimum atomic E-state index is -0.381. The zero-order valence-electron chi connectivity index (χ0n) is 14.5. The fourth-order valence-electron chi connectivity index (χ4n) is 3.58. The maximum atomic E-state index is 12.1. The van der Waals surface area contributed by atoms with E-state index in [4.69, 9.17) is 5.73 Å². The largest absolute Gasteiger partial charge is 0.369 e. The van der Waals surface area contributed by atoms with Crippen molar-refractivity contribution < 1.29 is 4.79 Å². The molecule has 0 aromatic carbocycles. The van der Waals surface area contributed by atoms with Crippen LogP contribution in [0.3, 0.4) is 0 Å². The summed E-state index contributed by atoms with van der Waals surface area (Å²) >= 11 is 0. The average molecular weight is 339 g/mol. The van der Waals surface area contributed by atoms with Gasteiger partial charge in [-0.3, -0.25) is 24.6 Å². The molecule has 132 valence electrons. The van der Waals surface area contributed by atoms with Gasteiger partial charge in [-0.05, 0) is 56.8 Å². The van der Waals surface area contributed by atoms with Crippen molar-refractivity contribution in [2.45, 2.75) is 38.6 Å². The second-order valence-electron chi connectivity index (χ2n) is 6.83. The van der Waals surface area contributed by atoms with Crippen molar-refractivity contribution in [2.24, 2.45) is 11.1 Å². The third-order valence-corrected chi connectivity index (χ3v) is 5.17. The Balaban J connectivity index is 1.53. The van der Waals surface area contributed by atoms with E-state index < -0.39 is 0 Å². The third-order valence-electron chi connectivity index (χ3n) is 5.17. The number of amides is 1. The molecule has 0 aliphatic carbocycles. The van der Waals surface area contributed by atoms with Gasteiger partial charge in [-0.25, -0.2) is 0 Å². The van der Waals surface area contributed by atoms with E-state index in [-0.39, 0.29) is 11.3 Å². The first-order valence-corrected chi connectivity index (χ1v) is 8.84. The van der Waals surface area contributed by atoms with Crippen molar-refractivity contribution in [1.82, 2.24) is 19.9 Å². The van der Waals surface area contributed by atoms with Gasteiger partial charge in [-0.15, -0.1) is 0 Å². The molecule has 6 heteroatoms. The van der Waals surface area contributed by atoms with Gasteiger partial charge in [0.05, 0.1) is 11.1 Å². The molecule has 2 aromatic rings. The lowest BCUT2D eigenvalue weighted by Gasteiger charge is -2.39. The molecule has 0 spiro atoms. The van der Waals surface area contributed by atoms with Gasteiger partial charge in [-0.2, -0.15) is 0 Å². The third kappa shape index (κ3) is 4.60. The molecule has 0 radical (unpaired) electrons. The first-order chi connectivity index (χ1) is 12.2. The van der Waals surface area contributed by atoms with Crippen LogP contribution in [0.5, 0.6) is 0 Å². The molecular formula is C19H25N5O. The van der Waals surface area contributed by atoms with Crippen molar-refractivity contribution in [1.29, 1.82) is 0 Å². The summed E-state index contributed by atoms with van der Waals surface area (Å²) in [6.07, 6.45) is 13.1. The number of nitrogens with zero attached hydrogens (tertiary/aromatic N) is 4. The molecule has 6 nitrogen and oxygen atoms in total. The first-order valence-electron chi connectivity index (χ1n) is 8.84. The fourth-order valence-corrected chi connectivity index (χ4v) is 3.58. The molecule has 1 amide bonds. The zero-order valence-corrected chi connectivity index (χ0v) is 14.5. The lowest BCUT2D eigenvalue weighted by molar-refractivity contribution is -0.131. The van der Waals surface area contributed by atoms with Crippen LogP contribution < -0.4 is 5.73 Å². The van der Waals surface area contributed by atoms with Crippen LogP contribution in [0.15, 0.2) is 43.1 Å². The molecule has 1 aliphatic heterocycles. The van der Waals surface area contributed by atoms with E-state index in [9.17, 15) is 4.79 Å². The normalized spacial score (nSPS) is 17.3. The maximum absolute atomic E-state index is 12.1. The van der Waals surface area contributed by atoms with Crippen molar-refractivity contribution in [3.8, 4) is 0 Å². The molecule has 2 aromatic heterocycles. The van der Waals surface area contributed by atoms with E-state index in [0.717, 1.165) is 57.4 Å². The second-order valence-corrected chi connectivity index (χ2v) is 6.83. The minimum absolute atomic E-state index is 0.160. The molecule has 1 fully saturated rings. The van der Waals surface area contributed by atoms with Gasteiger partial charge < -0.3 is 5.73 Å². The number of hydrogen-bond donors (Lipinski definition) is 1. The van der Waals surface area contributed by atoms with E-state index in [2.05, 4.69) is 25.9 Å². The number of carbonyl (C=O) groups excluding carboxylic acids is 1. The summed E-state index contributed by atoms with van der Waals surface area (Å²) in [5.74, 6) is -0.160. The van der Waals surface area contributed by atoms with Crippen molar-refractivity contribution in [3.05, 3.63) is 54.4 Å². The van der Waals surface area contributed by atoms with E-state index in [1.807, 2.05) is 12.3 Å². The fraction of sp³-hybridized carbons (Fsp3) is 0.474. The van der Waals surface area contributed by atoms with Crippen LogP contribution in [0, 0.1) is 5.41 Å². The average Bonchev–Trinajstić information content (AvgIpc) is 2.65. The zero-order chi connectivity index (χ0) is 17.5. The SMILES string of the molecule is NC(=O)C1(CCCc2cnccn2)CCN(Cc2cccnc2)CC1. The second kappa shape index (κ2) is 8.16. The molecule has 2 N–H and O–H groups in total. The molecule has 0 bridgehead atoms. The molecule has 0 saturated carbocycles. The Morgan fingerprint density at radius 3 is 2.60 bits per heavy atom. The van der Waals surface area contributed by atoms with Crippen molar-refractivity contribution in [3.63, 3.8) is 0 Å². The number of pyridine rings is 1. The number of rotatable bonds is 7. The number of nitrogens with two attached hydrogens (primary N) is 1. The van der Waals surface area contributed by atoms with Crippen LogP contribution in [0.4, 0.5) is 0 Å². The van der Waals surface area contributed by atoms with Gasteiger partial charge in [-0.1, -0.05) is 6.07 Å². The number of aryl methyl sites for hydroxylation is 1. The van der Waals surface area contributed by atoms with Gasteiger partial charge in [0.1, 0.15) is 0 Å². The molecule has 0 unspecified atom stereocenters. The Morgan fingerprint density at radius 2 is 1.96 bits per heavy atom. The summed E-state index contributed by atoms with van der Waals surface area (Å²) in [5.41, 5.74) is 7.58. The number of likely N-dealkylation sites (tertiary alicyclic amines) is 1. The highest BCUT2D eigenvalue weighted by Crippen LogP contribution is 2.36. The molecule has 3 rings (SSSR count). The maximum Gasteiger partial charge on any atom is 0.223 e. The minimum Gasteiger partial charge on any atom is -0.369 e. The van der Waals surface area contributed by atoms with Gasteiger partial charge in [0, 0.05) is 37.5 Å². The molecule has 3 heterocycles. The van der Waals surface area contributed by atoms with Crippen molar-refractivity contribution >= 4 is 5.91 Å². The topological polar surface area (TPSA) is 85.0 Å². The van der Waals surface area contributed by atoms with Gasteiger partial charge in [0.15, 0.2) is 0 Å². The molecule has 0 atom stereocenters. The summed E-state index contributed by atoms with van der Waals surface area (Å²) in [7, 11) is 0. The highest BCUT2D eigenvalue weighted by atomic mass is 16.1. The number of hydrogen-bond acceptors (Lipinski definition) is 5. The summed E-state index contributed by atoms with van der Waals surface area (Å²) in [5, 5.41) is 0. The lowest BCUT2D eigenvalue weighted by Crippen LogP contribution is -2.47. The Morgan fingerprint density at radius 1 is 1.16 bits per heavy atom. The predicted octanol–water partition coefficient (Wildman–Crippen LogP) is 1.96. The van der Waals surface area contributed by atoms with Crippen LogP contribution in [-0.4, -0.2) is 38.8 Å². The number of carbonyl (C=O) groups is 1. The Kier molecular flexibility index (Phi) is 5.71. The number of piperidine rings is 1. The standard InChI is InChI=1S/C19H25N5O/c20-18(25)19(5-1-4-17-14-22-9-10-23-17)6-11-24(12-7-19)15-16-3-2-8-21-13-16/h2-3,8-10,13-14H,1,4-7,11-12,15H2,(H2,20,25). The molecular weight excluding hydrogens is 314 g/mol. The van der Waals surface area contributed by atoms with E-state index in [1.165, 1.54) is 5.56 Å². The quantitative estimate of drug-likeness (QED) is 0.833. The predicted molar refractivity (Wildman–Crippen MR) is 95.3 cm³/mol. The first kappa shape index (κ1) is 17.5. The molecule has 25 heavy (non-hydrogen) atoms. The highest BCUT2D eigenvalue weighted by molar-refractivity contribution is 5.80. The van der Waals surface area contributed by atoms with Crippen LogP contribution in [0.1, 0.15) is 36.9 Å². The monoisotopic (exact) mass is 339 g/mol. The highest BCUT2D eigenvalue weighted by Gasteiger charge is 2.39. The van der Waals surface area contributed by atoms with Gasteiger partial charge >= 0.3 is 0 Å². The summed E-state index contributed by atoms with van der Waals surface area (Å²) < 4.78 is 0. The van der Waals surface area contributed by atoms with Crippen LogP contribution in [0.2, 0.25) is 0 Å².